The second kappa shape index (κ2) is 7.51. The van der Waals surface area contributed by atoms with Crippen LogP contribution in [0.4, 0.5) is 0 Å². The molecular formula is C14H19Cl3N2O. The number of nitrogens with zero attached hydrogens (tertiary/aromatic N) is 1. The third-order valence-electron chi connectivity index (χ3n) is 3.60. The number of carbonyl (C=O) groups excluding carboxylic acids is 1. The minimum absolute atomic E-state index is 0. The molecule has 0 aliphatic heterocycles. The SMILES string of the molecule is CN(Cc1ccc(Cl)c(Cl)c1)C(=O)C1CCC(N)C1.Cl. The molecule has 6 heteroatoms. The molecule has 1 aliphatic rings. The van der Waals surface area contributed by atoms with Crippen molar-refractivity contribution in [2.75, 3.05) is 7.05 Å². The molecule has 0 spiro atoms. The van der Waals surface area contributed by atoms with Crippen molar-refractivity contribution in [1.82, 2.24) is 4.90 Å². The van der Waals surface area contributed by atoms with Crippen LogP contribution in [0.15, 0.2) is 18.2 Å². The molecule has 1 amide bonds. The van der Waals surface area contributed by atoms with E-state index < -0.39 is 0 Å². The highest BCUT2D eigenvalue weighted by Gasteiger charge is 2.29. The van der Waals surface area contributed by atoms with Crippen LogP contribution < -0.4 is 5.73 Å². The zero-order valence-electron chi connectivity index (χ0n) is 11.3. The molecule has 0 saturated heterocycles. The van der Waals surface area contributed by atoms with E-state index in [1.54, 1.807) is 17.0 Å². The summed E-state index contributed by atoms with van der Waals surface area (Å²) < 4.78 is 0. The maximum atomic E-state index is 12.3. The van der Waals surface area contributed by atoms with Crippen LogP contribution >= 0.6 is 35.6 Å². The van der Waals surface area contributed by atoms with Gasteiger partial charge in [0.15, 0.2) is 0 Å². The van der Waals surface area contributed by atoms with Gasteiger partial charge in [-0.25, -0.2) is 0 Å². The average molecular weight is 338 g/mol. The monoisotopic (exact) mass is 336 g/mol. The molecule has 1 aromatic carbocycles. The number of halogens is 3. The fourth-order valence-electron chi connectivity index (χ4n) is 2.54. The van der Waals surface area contributed by atoms with Gasteiger partial charge in [0.25, 0.3) is 0 Å². The number of benzene rings is 1. The van der Waals surface area contributed by atoms with Gasteiger partial charge in [-0.15, -0.1) is 12.4 Å². The summed E-state index contributed by atoms with van der Waals surface area (Å²) in [5.74, 6) is 0.238. The van der Waals surface area contributed by atoms with Crippen LogP contribution in [0, 0.1) is 5.92 Å². The van der Waals surface area contributed by atoms with Crippen molar-refractivity contribution in [3.8, 4) is 0 Å². The third kappa shape index (κ3) is 4.26. The Morgan fingerprint density at radius 2 is 2.05 bits per heavy atom. The van der Waals surface area contributed by atoms with Crippen molar-refractivity contribution in [1.29, 1.82) is 0 Å². The van der Waals surface area contributed by atoms with E-state index in [4.69, 9.17) is 28.9 Å². The van der Waals surface area contributed by atoms with Crippen LogP contribution in [0.5, 0.6) is 0 Å². The summed E-state index contributed by atoms with van der Waals surface area (Å²) in [7, 11) is 1.81. The smallest absolute Gasteiger partial charge is 0.225 e. The number of carbonyl (C=O) groups is 1. The predicted molar refractivity (Wildman–Crippen MR) is 85.5 cm³/mol. The highest BCUT2D eigenvalue weighted by molar-refractivity contribution is 6.42. The maximum Gasteiger partial charge on any atom is 0.225 e. The van der Waals surface area contributed by atoms with Crippen molar-refractivity contribution < 1.29 is 4.79 Å². The molecule has 0 heterocycles. The highest BCUT2D eigenvalue weighted by atomic mass is 35.5. The average Bonchev–Trinajstić information content (AvgIpc) is 2.79. The van der Waals surface area contributed by atoms with Gasteiger partial charge in [-0.2, -0.15) is 0 Å². The van der Waals surface area contributed by atoms with E-state index in [1.807, 2.05) is 13.1 Å². The van der Waals surface area contributed by atoms with Gasteiger partial charge in [0.1, 0.15) is 0 Å². The largest absolute Gasteiger partial charge is 0.341 e. The van der Waals surface area contributed by atoms with Crippen LogP contribution in [0.3, 0.4) is 0 Å². The molecule has 0 bridgehead atoms. The van der Waals surface area contributed by atoms with E-state index in [0.717, 1.165) is 24.8 Å². The minimum atomic E-state index is 0. The first kappa shape index (κ1) is 17.6. The molecule has 2 atom stereocenters. The van der Waals surface area contributed by atoms with Crippen LogP contribution in [0.2, 0.25) is 10.0 Å². The fourth-order valence-corrected chi connectivity index (χ4v) is 2.86. The van der Waals surface area contributed by atoms with E-state index >= 15 is 0 Å². The number of rotatable bonds is 3. The van der Waals surface area contributed by atoms with Crippen molar-refractivity contribution in [2.24, 2.45) is 11.7 Å². The fraction of sp³-hybridized carbons (Fsp3) is 0.500. The van der Waals surface area contributed by atoms with Crippen molar-refractivity contribution in [3.05, 3.63) is 33.8 Å². The summed E-state index contributed by atoms with van der Waals surface area (Å²) in [6, 6.07) is 5.61. The summed E-state index contributed by atoms with van der Waals surface area (Å²) in [4.78, 5) is 14.0. The van der Waals surface area contributed by atoms with Gasteiger partial charge in [0, 0.05) is 25.6 Å². The Bertz CT molecular complexity index is 481. The molecule has 3 nitrogen and oxygen atoms in total. The first-order valence-corrected chi connectivity index (χ1v) is 7.17. The summed E-state index contributed by atoms with van der Waals surface area (Å²) in [5, 5.41) is 1.05. The molecule has 1 fully saturated rings. The lowest BCUT2D eigenvalue weighted by molar-refractivity contribution is -0.134. The number of hydrogen-bond acceptors (Lipinski definition) is 2. The van der Waals surface area contributed by atoms with E-state index in [2.05, 4.69) is 0 Å². The third-order valence-corrected chi connectivity index (χ3v) is 4.34. The zero-order valence-corrected chi connectivity index (χ0v) is 13.6. The predicted octanol–water partition coefficient (Wildman–Crippen LogP) is 3.50. The number of nitrogens with two attached hydrogens (primary N) is 1. The van der Waals surface area contributed by atoms with Gasteiger partial charge in [0.2, 0.25) is 5.91 Å². The summed E-state index contributed by atoms with van der Waals surface area (Å²) >= 11 is 11.8. The second-order valence-corrected chi connectivity index (χ2v) is 6.03. The Kier molecular flexibility index (Phi) is 6.59. The lowest BCUT2D eigenvalue weighted by atomic mass is 10.1. The van der Waals surface area contributed by atoms with E-state index in [9.17, 15) is 4.79 Å². The van der Waals surface area contributed by atoms with Crippen molar-refractivity contribution in [2.45, 2.75) is 31.8 Å². The topological polar surface area (TPSA) is 46.3 Å². The molecule has 1 aromatic rings. The standard InChI is InChI=1S/C14H18Cl2N2O.ClH/c1-18(14(19)10-3-4-11(17)7-10)8-9-2-5-12(15)13(16)6-9;/h2,5-6,10-11H,3-4,7-8,17H2,1H3;1H. The lowest BCUT2D eigenvalue weighted by Crippen LogP contribution is -2.32. The first-order chi connectivity index (χ1) is 8.97. The summed E-state index contributed by atoms with van der Waals surface area (Å²) in [6.45, 7) is 0.543. The molecule has 112 valence electrons. The highest BCUT2D eigenvalue weighted by Crippen LogP contribution is 2.27. The molecule has 0 aromatic heterocycles. The molecule has 1 saturated carbocycles. The van der Waals surface area contributed by atoms with Crippen LogP contribution in [0.1, 0.15) is 24.8 Å². The Morgan fingerprint density at radius 3 is 2.60 bits per heavy atom. The number of hydrogen-bond donors (Lipinski definition) is 1. The lowest BCUT2D eigenvalue weighted by Gasteiger charge is -2.21. The molecular weight excluding hydrogens is 319 g/mol. The van der Waals surface area contributed by atoms with Crippen LogP contribution in [0.25, 0.3) is 0 Å². The van der Waals surface area contributed by atoms with E-state index in [1.165, 1.54) is 0 Å². The van der Waals surface area contributed by atoms with Gasteiger partial charge in [0.05, 0.1) is 10.0 Å². The minimum Gasteiger partial charge on any atom is -0.341 e. The zero-order chi connectivity index (χ0) is 14.0. The second-order valence-electron chi connectivity index (χ2n) is 5.21. The van der Waals surface area contributed by atoms with Gasteiger partial charge in [-0.05, 0) is 37.0 Å². The van der Waals surface area contributed by atoms with Crippen molar-refractivity contribution in [3.63, 3.8) is 0 Å². The maximum absolute atomic E-state index is 12.3. The Balaban J connectivity index is 0.00000200. The van der Waals surface area contributed by atoms with Crippen LogP contribution in [-0.4, -0.2) is 23.9 Å². The number of amides is 1. The molecule has 0 radical (unpaired) electrons. The molecule has 2 unspecified atom stereocenters. The van der Waals surface area contributed by atoms with Gasteiger partial charge in [-0.3, -0.25) is 4.79 Å². The van der Waals surface area contributed by atoms with Crippen molar-refractivity contribution >= 4 is 41.5 Å². The van der Waals surface area contributed by atoms with Crippen LogP contribution in [-0.2, 0) is 11.3 Å². The Morgan fingerprint density at radius 1 is 1.35 bits per heavy atom. The Labute approximate surface area is 135 Å². The summed E-state index contributed by atoms with van der Waals surface area (Å²) in [5.41, 5.74) is 6.83. The van der Waals surface area contributed by atoms with Gasteiger partial charge < -0.3 is 10.6 Å². The normalized spacial score (nSPS) is 21.4. The molecule has 2 rings (SSSR count). The Hall–Kier alpha value is -0.480. The summed E-state index contributed by atoms with van der Waals surface area (Å²) in [6.07, 6.45) is 2.63. The quantitative estimate of drug-likeness (QED) is 0.917. The van der Waals surface area contributed by atoms with E-state index in [-0.39, 0.29) is 30.3 Å². The molecule has 2 N–H and O–H groups in total. The first-order valence-electron chi connectivity index (χ1n) is 6.42. The van der Waals surface area contributed by atoms with Gasteiger partial charge >= 0.3 is 0 Å². The molecule has 20 heavy (non-hydrogen) atoms. The molecule has 1 aliphatic carbocycles. The van der Waals surface area contributed by atoms with Gasteiger partial charge in [-0.1, -0.05) is 29.3 Å². The van der Waals surface area contributed by atoms with E-state index in [0.29, 0.717) is 16.6 Å².